The molecule has 2 aromatic rings. The first-order chi connectivity index (χ1) is 9.11. The number of hydrogen-bond acceptors (Lipinski definition) is 0. The second-order valence-corrected chi connectivity index (χ2v) is 6.23. The maximum absolute atomic E-state index is 6.52. The van der Waals surface area contributed by atoms with Crippen LogP contribution in [-0.2, 0) is 6.42 Å². The Balaban J connectivity index is 2.22. The largest absolute Gasteiger partial charge is 0.113 e. The van der Waals surface area contributed by atoms with E-state index >= 15 is 0 Å². The first-order valence-electron chi connectivity index (χ1n) is 6.29. The van der Waals surface area contributed by atoms with Gasteiger partial charge in [0.15, 0.2) is 0 Å². The summed E-state index contributed by atoms with van der Waals surface area (Å²) < 4.78 is 0.875. The van der Waals surface area contributed by atoms with E-state index in [-0.39, 0.29) is 5.38 Å². The molecule has 0 heterocycles. The average Bonchev–Trinajstić information content (AvgIpc) is 2.42. The van der Waals surface area contributed by atoms with Gasteiger partial charge in [-0.05, 0) is 51.2 Å². The molecule has 0 saturated carbocycles. The predicted molar refractivity (Wildman–Crippen MR) is 87.3 cm³/mol. The minimum atomic E-state index is -0.149. The Morgan fingerprint density at radius 2 is 1.68 bits per heavy atom. The summed E-state index contributed by atoms with van der Waals surface area (Å²) >= 11 is 15.9. The summed E-state index contributed by atoms with van der Waals surface area (Å²) in [6.45, 7) is 2.18. The van der Waals surface area contributed by atoms with Gasteiger partial charge in [-0.1, -0.05) is 55.3 Å². The summed E-state index contributed by atoms with van der Waals surface area (Å²) in [5.74, 6) is 0. The van der Waals surface area contributed by atoms with Crippen molar-refractivity contribution in [1.82, 2.24) is 0 Å². The van der Waals surface area contributed by atoms with Gasteiger partial charge >= 0.3 is 0 Å². The summed E-state index contributed by atoms with van der Waals surface area (Å²) in [4.78, 5) is 0. The van der Waals surface area contributed by atoms with Crippen LogP contribution in [0.1, 0.15) is 35.4 Å². The van der Waals surface area contributed by atoms with Gasteiger partial charge in [0, 0.05) is 4.47 Å². The quantitative estimate of drug-likeness (QED) is 0.556. The van der Waals surface area contributed by atoms with Gasteiger partial charge in [-0.25, -0.2) is 0 Å². The van der Waals surface area contributed by atoms with E-state index in [2.05, 4.69) is 47.1 Å². The first kappa shape index (κ1) is 14.9. The van der Waals surface area contributed by atoms with Crippen molar-refractivity contribution < 1.29 is 0 Å². The molecule has 0 spiro atoms. The molecule has 0 fully saturated rings. The van der Waals surface area contributed by atoms with Crippen LogP contribution in [0.3, 0.4) is 0 Å². The average molecular weight is 358 g/mol. The zero-order valence-electron chi connectivity index (χ0n) is 10.7. The van der Waals surface area contributed by atoms with E-state index in [4.69, 9.17) is 23.2 Å². The second kappa shape index (κ2) is 6.78. The monoisotopic (exact) mass is 356 g/mol. The Kier molecular flexibility index (Phi) is 5.32. The summed E-state index contributed by atoms with van der Waals surface area (Å²) in [5, 5.41) is 0.551. The summed E-state index contributed by atoms with van der Waals surface area (Å²) in [5.41, 5.74) is 3.50. The zero-order chi connectivity index (χ0) is 13.8. The Labute approximate surface area is 132 Å². The molecule has 0 radical (unpaired) electrons. The fourth-order valence-corrected chi connectivity index (χ4v) is 2.80. The molecule has 0 nitrogen and oxygen atoms in total. The van der Waals surface area contributed by atoms with E-state index in [0.29, 0.717) is 5.02 Å². The van der Waals surface area contributed by atoms with E-state index in [0.717, 1.165) is 28.4 Å². The third-order valence-corrected chi connectivity index (χ3v) is 4.77. The highest BCUT2D eigenvalue weighted by Gasteiger charge is 2.12. The number of halogens is 3. The van der Waals surface area contributed by atoms with Crippen molar-refractivity contribution in [2.45, 2.75) is 25.1 Å². The molecular weight excluding hydrogens is 343 g/mol. The highest BCUT2D eigenvalue weighted by Crippen LogP contribution is 2.33. The Hall–Kier alpha value is -0.500. The van der Waals surface area contributed by atoms with Gasteiger partial charge in [0.25, 0.3) is 0 Å². The van der Waals surface area contributed by atoms with Crippen LogP contribution in [0.15, 0.2) is 46.9 Å². The predicted octanol–water partition coefficient (Wildman–Crippen LogP) is 6.38. The van der Waals surface area contributed by atoms with E-state index in [1.165, 1.54) is 5.56 Å². The molecule has 1 atom stereocenters. The fraction of sp³-hybridized carbons (Fsp3) is 0.250. The van der Waals surface area contributed by atoms with Gasteiger partial charge in [-0.15, -0.1) is 11.6 Å². The lowest BCUT2D eigenvalue weighted by Crippen LogP contribution is -1.94. The highest BCUT2D eigenvalue weighted by molar-refractivity contribution is 9.10. The lowest BCUT2D eigenvalue weighted by atomic mass is 10.0. The van der Waals surface area contributed by atoms with Crippen LogP contribution in [0.25, 0.3) is 0 Å². The van der Waals surface area contributed by atoms with Gasteiger partial charge in [-0.3, -0.25) is 0 Å². The number of aryl methyl sites for hydroxylation is 1. The van der Waals surface area contributed by atoms with Crippen LogP contribution in [0.4, 0.5) is 0 Å². The van der Waals surface area contributed by atoms with Gasteiger partial charge in [0.1, 0.15) is 0 Å². The van der Waals surface area contributed by atoms with Crippen molar-refractivity contribution in [3.8, 4) is 0 Å². The SMILES string of the molecule is CCCc1ccc(C(Cl)c2ccc(Cl)c(Br)c2)cc1. The van der Waals surface area contributed by atoms with Crippen molar-refractivity contribution in [2.24, 2.45) is 0 Å². The minimum absolute atomic E-state index is 0.149. The summed E-state index contributed by atoms with van der Waals surface area (Å²) in [6.07, 6.45) is 2.27. The molecule has 2 aromatic carbocycles. The molecule has 2 rings (SSSR count). The molecule has 0 amide bonds. The molecule has 0 N–H and O–H groups in total. The topological polar surface area (TPSA) is 0 Å². The van der Waals surface area contributed by atoms with Crippen molar-refractivity contribution in [3.05, 3.63) is 68.7 Å². The lowest BCUT2D eigenvalue weighted by Gasteiger charge is -2.12. The van der Waals surface area contributed by atoms with Crippen LogP contribution < -0.4 is 0 Å². The summed E-state index contributed by atoms with van der Waals surface area (Å²) in [7, 11) is 0. The Bertz CT molecular complexity index is 549. The standard InChI is InChI=1S/C16H15BrCl2/c1-2-3-11-4-6-12(7-5-11)16(19)13-8-9-15(18)14(17)10-13/h4-10,16H,2-3H2,1H3. The summed E-state index contributed by atoms with van der Waals surface area (Å²) in [6, 6.07) is 14.3. The van der Waals surface area contributed by atoms with Crippen molar-refractivity contribution in [2.75, 3.05) is 0 Å². The minimum Gasteiger partial charge on any atom is -0.113 e. The maximum Gasteiger partial charge on any atom is 0.0835 e. The number of alkyl halides is 1. The Morgan fingerprint density at radius 1 is 1.05 bits per heavy atom. The van der Waals surface area contributed by atoms with Gasteiger partial charge in [0.05, 0.1) is 10.4 Å². The second-order valence-electron chi connectivity index (χ2n) is 4.53. The van der Waals surface area contributed by atoms with E-state index < -0.39 is 0 Å². The van der Waals surface area contributed by atoms with Crippen molar-refractivity contribution in [1.29, 1.82) is 0 Å². The lowest BCUT2D eigenvalue weighted by molar-refractivity contribution is 0.920. The third kappa shape index (κ3) is 3.75. The van der Waals surface area contributed by atoms with E-state index in [9.17, 15) is 0 Å². The molecule has 0 bridgehead atoms. The normalized spacial score (nSPS) is 12.4. The van der Waals surface area contributed by atoms with Crippen LogP contribution in [0, 0.1) is 0 Å². The highest BCUT2D eigenvalue weighted by atomic mass is 79.9. The fourth-order valence-electron chi connectivity index (χ4n) is 2.00. The molecule has 0 saturated heterocycles. The molecule has 0 aliphatic heterocycles. The van der Waals surface area contributed by atoms with Crippen LogP contribution in [0.2, 0.25) is 5.02 Å². The maximum atomic E-state index is 6.52. The molecule has 0 aliphatic rings. The molecule has 0 aliphatic carbocycles. The van der Waals surface area contributed by atoms with Crippen LogP contribution in [-0.4, -0.2) is 0 Å². The molecule has 0 aromatic heterocycles. The number of rotatable bonds is 4. The smallest absolute Gasteiger partial charge is 0.0835 e. The first-order valence-corrected chi connectivity index (χ1v) is 7.90. The van der Waals surface area contributed by atoms with E-state index in [1.807, 2.05) is 18.2 Å². The molecule has 100 valence electrons. The van der Waals surface area contributed by atoms with Gasteiger partial charge in [0.2, 0.25) is 0 Å². The van der Waals surface area contributed by atoms with E-state index in [1.54, 1.807) is 0 Å². The van der Waals surface area contributed by atoms with Crippen molar-refractivity contribution >= 4 is 39.1 Å². The molecular formula is C16H15BrCl2. The van der Waals surface area contributed by atoms with Crippen LogP contribution in [0.5, 0.6) is 0 Å². The Morgan fingerprint density at radius 3 is 2.26 bits per heavy atom. The third-order valence-electron chi connectivity index (χ3n) is 3.05. The van der Waals surface area contributed by atoms with Crippen LogP contribution >= 0.6 is 39.1 Å². The van der Waals surface area contributed by atoms with Crippen molar-refractivity contribution in [3.63, 3.8) is 0 Å². The molecule has 1 unspecified atom stereocenters. The van der Waals surface area contributed by atoms with Gasteiger partial charge in [-0.2, -0.15) is 0 Å². The molecule has 19 heavy (non-hydrogen) atoms. The number of benzene rings is 2. The molecule has 3 heteroatoms. The number of hydrogen-bond donors (Lipinski definition) is 0. The van der Waals surface area contributed by atoms with Gasteiger partial charge < -0.3 is 0 Å². The zero-order valence-corrected chi connectivity index (χ0v) is 13.8.